The van der Waals surface area contributed by atoms with Crippen LogP contribution in [-0.2, 0) is 0 Å². The summed E-state index contributed by atoms with van der Waals surface area (Å²) in [6.07, 6.45) is 4.76. The van der Waals surface area contributed by atoms with Crippen molar-refractivity contribution in [1.29, 1.82) is 0 Å². The molecule has 2 N–H and O–H groups in total. The van der Waals surface area contributed by atoms with Crippen molar-refractivity contribution in [2.45, 2.75) is 71.9 Å². The zero-order valence-corrected chi connectivity index (χ0v) is 13.6. The van der Waals surface area contributed by atoms with Gasteiger partial charge in [-0.15, -0.1) is 0 Å². The maximum absolute atomic E-state index is 9.68. The van der Waals surface area contributed by atoms with Crippen LogP contribution in [0.1, 0.15) is 60.3 Å². The molecular weight excluding hydrogens is 236 g/mol. The summed E-state index contributed by atoms with van der Waals surface area (Å²) >= 11 is 0. The van der Waals surface area contributed by atoms with Crippen LogP contribution in [-0.4, -0.2) is 47.8 Å². The van der Waals surface area contributed by atoms with Crippen molar-refractivity contribution in [3.63, 3.8) is 0 Å². The van der Waals surface area contributed by atoms with Crippen molar-refractivity contribution in [2.24, 2.45) is 5.41 Å². The molecule has 1 aliphatic rings. The second kappa shape index (κ2) is 7.05. The Labute approximate surface area is 119 Å². The lowest BCUT2D eigenvalue weighted by Gasteiger charge is -2.43. The van der Waals surface area contributed by atoms with E-state index in [4.69, 9.17) is 0 Å². The second-order valence-electron chi connectivity index (χ2n) is 7.44. The van der Waals surface area contributed by atoms with Crippen molar-refractivity contribution in [3.8, 4) is 0 Å². The predicted octanol–water partition coefficient (Wildman–Crippen LogP) is 2.64. The third-order valence-corrected chi connectivity index (χ3v) is 4.45. The molecule has 2 unspecified atom stereocenters. The monoisotopic (exact) mass is 270 g/mol. The van der Waals surface area contributed by atoms with Gasteiger partial charge < -0.3 is 15.3 Å². The summed E-state index contributed by atoms with van der Waals surface area (Å²) in [5, 5.41) is 13.2. The van der Waals surface area contributed by atoms with Crippen molar-refractivity contribution in [3.05, 3.63) is 0 Å². The van der Waals surface area contributed by atoms with Gasteiger partial charge in [0.25, 0.3) is 0 Å². The standard InChI is InChI=1S/C16H34N2O/c1-6-9-17-16(5,13-19)11-14(2)18-10-7-8-15(3,4)12-18/h14,17,19H,6-13H2,1-5H3. The number of aliphatic hydroxyl groups is 1. The summed E-state index contributed by atoms with van der Waals surface area (Å²) in [7, 11) is 0. The number of piperidine rings is 1. The van der Waals surface area contributed by atoms with E-state index in [0.717, 1.165) is 19.4 Å². The smallest absolute Gasteiger partial charge is 0.0611 e. The Morgan fingerprint density at radius 2 is 2.11 bits per heavy atom. The van der Waals surface area contributed by atoms with Gasteiger partial charge in [0.15, 0.2) is 0 Å². The second-order valence-corrected chi connectivity index (χ2v) is 7.44. The van der Waals surface area contributed by atoms with Gasteiger partial charge in [-0.1, -0.05) is 20.8 Å². The normalized spacial score (nSPS) is 24.9. The van der Waals surface area contributed by atoms with Crippen LogP contribution in [0.15, 0.2) is 0 Å². The number of nitrogens with zero attached hydrogens (tertiary/aromatic N) is 1. The molecule has 114 valence electrons. The highest BCUT2D eigenvalue weighted by atomic mass is 16.3. The van der Waals surface area contributed by atoms with Gasteiger partial charge in [0.2, 0.25) is 0 Å². The zero-order chi connectivity index (χ0) is 14.5. The van der Waals surface area contributed by atoms with Crippen LogP contribution < -0.4 is 5.32 Å². The molecule has 0 aliphatic carbocycles. The van der Waals surface area contributed by atoms with E-state index in [1.165, 1.54) is 25.9 Å². The number of hydrogen-bond donors (Lipinski definition) is 2. The Balaban J connectivity index is 2.54. The van der Waals surface area contributed by atoms with Gasteiger partial charge in [-0.2, -0.15) is 0 Å². The lowest BCUT2D eigenvalue weighted by molar-refractivity contribution is 0.0572. The lowest BCUT2D eigenvalue weighted by Crippen LogP contribution is -2.53. The Hall–Kier alpha value is -0.120. The average Bonchev–Trinajstić information content (AvgIpc) is 2.35. The largest absolute Gasteiger partial charge is 0.394 e. The van der Waals surface area contributed by atoms with Gasteiger partial charge >= 0.3 is 0 Å². The Kier molecular flexibility index (Phi) is 6.28. The first-order valence-corrected chi connectivity index (χ1v) is 7.92. The van der Waals surface area contributed by atoms with E-state index in [2.05, 4.69) is 44.8 Å². The van der Waals surface area contributed by atoms with Crippen molar-refractivity contribution >= 4 is 0 Å². The number of hydrogen-bond acceptors (Lipinski definition) is 3. The molecule has 0 amide bonds. The topological polar surface area (TPSA) is 35.5 Å². The van der Waals surface area contributed by atoms with Gasteiger partial charge in [-0.3, -0.25) is 0 Å². The van der Waals surface area contributed by atoms with Gasteiger partial charge in [0.1, 0.15) is 0 Å². The third-order valence-electron chi connectivity index (χ3n) is 4.45. The maximum Gasteiger partial charge on any atom is 0.0611 e. The van der Waals surface area contributed by atoms with Crippen LogP contribution in [0.4, 0.5) is 0 Å². The quantitative estimate of drug-likeness (QED) is 0.746. The number of aliphatic hydroxyl groups excluding tert-OH is 1. The molecule has 1 aliphatic heterocycles. The van der Waals surface area contributed by atoms with Crippen LogP contribution in [0.3, 0.4) is 0 Å². The molecule has 1 rings (SSSR count). The minimum atomic E-state index is -0.142. The van der Waals surface area contributed by atoms with Gasteiger partial charge in [0.05, 0.1) is 6.61 Å². The van der Waals surface area contributed by atoms with Crippen molar-refractivity contribution in [1.82, 2.24) is 10.2 Å². The summed E-state index contributed by atoms with van der Waals surface area (Å²) < 4.78 is 0. The lowest BCUT2D eigenvalue weighted by atomic mass is 9.82. The van der Waals surface area contributed by atoms with E-state index < -0.39 is 0 Å². The predicted molar refractivity (Wildman–Crippen MR) is 82.5 cm³/mol. The molecule has 0 bridgehead atoms. The fraction of sp³-hybridized carbons (Fsp3) is 1.00. The fourth-order valence-electron chi connectivity index (χ4n) is 3.25. The Bertz CT molecular complexity index is 267. The highest BCUT2D eigenvalue weighted by Crippen LogP contribution is 2.30. The van der Waals surface area contributed by atoms with Crippen molar-refractivity contribution < 1.29 is 5.11 Å². The molecule has 0 saturated carbocycles. The number of rotatable bonds is 7. The molecule has 0 radical (unpaired) electrons. The summed E-state index contributed by atoms with van der Waals surface area (Å²) in [6, 6.07) is 0.529. The van der Waals surface area contributed by atoms with E-state index in [-0.39, 0.29) is 12.1 Å². The van der Waals surface area contributed by atoms with Crippen LogP contribution in [0, 0.1) is 5.41 Å². The van der Waals surface area contributed by atoms with E-state index in [0.29, 0.717) is 11.5 Å². The highest BCUT2D eigenvalue weighted by molar-refractivity contribution is 4.90. The van der Waals surface area contributed by atoms with Gasteiger partial charge in [-0.25, -0.2) is 0 Å². The van der Waals surface area contributed by atoms with Gasteiger partial charge in [-0.05, 0) is 58.0 Å². The van der Waals surface area contributed by atoms with Crippen LogP contribution in [0.5, 0.6) is 0 Å². The van der Waals surface area contributed by atoms with E-state index in [1.807, 2.05) is 0 Å². The molecule has 1 heterocycles. The van der Waals surface area contributed by atoms with Crippen LogP contribution in [0.25, 0.3) is 0 Å². The Morgan fingerprint density at radius 1 is 1.42 bits per heavy atom. The van der Waals surface area contributed by atoms with E-state index in [1.54, 1.807) is 0 Å². The first-order chi connectivity index (χ1) is 8.82. The molecule has 3 heteroatoms. The molecular formula is C16H34N2O. The third kappa shape index (κ3) is 5.41. The molecule has 2 atom stereocenters. The first-order valence-electron chi connectivity index (χ1n) is 7.92. The molecule has 0 aromatic carbocycles. The fourth-order valence-corrected chi connectivity index (χ4v) is 3.25. The summed E-state index contributed by atoms with van der Waals surface area (Å²) in [5.41, 5.74) is 0.302. The maximum atomic E-state index is 9.68. The average molecular weight is 270 g/mol. The number of likely N-dealkylation sites (tertiary alicyclic amines) is 1. The van der Waals surface area contributed by atoms with Crippen LogP contribution >= 0.6 is 0 Å². The Morgan fingerprint density at radius 3 is 2.63 bits per heavy atom. The first kappa shape index (κ1) is 16.9. The number of nitrogens with one attached hydrogen (secondary N) is 1. The van der Waals surface area contributed by atoms with E-state index in [9.17, 15) is 5.11 Å². The minimum absolute atomic E-state index is 0.142. The summed E-state index contributed by atoms with van der Waals surface area (Å²) in [4.78, 5) is 2.60. The highest BCUT2D eigenvalue weighted by Gasteiger charge is 2.32. The van der Waals surface area contributed by atoms with Crippen molar-refractivity contribution in [2.75, 3.05) is 26.2 Å². The van der Waals surface area contributed by atoms with Crippen LogP contribution in [0.2, 0.25) is 0 Å². The summed E-state index contributed by atoms with van der Waals surface area (Å²) in [5.74, 6) is 0. The molecule has 3 nitrogen and oxygen atoms in total. The molecule has 19 heavy (non-hydrogen) atoms. The van der Waals surface area contributed by atoms with Gasteiger partial charge in [0, 0.05) is 18.1 Å². The zero-order valence-electron chi connectivity index (χ0n) is 13.6. The molecule has 0 aromatic heterocycles. The molecule has 0 aromatic rings. The summed E-state index contributed by atoms with van der Waals surface area (Å²) in [6.45, 7) is 14.9. The van der Waals surface area contributed by atoms with E-state index >= 15 is 0 Å². The molecule has 1 saturated heterocycles. The molecule has 1 fully saturated rings. The minimum Gasteiger partial charge on any atom is -0.394 e. The SMILES string of the molecule is CCCNC(C)(CO)CC(C)N1CCCC(C)(C)C1. The molecule has 0 spiro atoms.